The molecule has 0 radical (unpaired) electrons. The molecule has 1 heterocycles. The van der Waals surface area contributed by atoms with Crippen LogP contribution in [0.2, 0.25) is 0 Å². The van der Waals surface area contributed by atoms with Crippen molar-refractivity contribution in [3.8, 4) is 11.5 Å². The molecule has 1 aromatic heterocycles. The molecule has 21 heavy (non-hydrogen) atoms. The minimum Gasteiger partial charge on any atom is -0.398 e. The number of aromatic nitrogens is 2. The van der Waals surface area contributed by atoms with Crippen LogP contribution in [0.25, 0.3) is 11.5 Å². The van der Waals surface area contributed by atoms with Crippen LogP contribution in [-0.4, -0.2) is 10.1 Å². The first-order valence-electron chi connectivity index (χ1n) is 6.95. The fourth-order valence-corrected chi connectivity index (χ4v) is 2.22. The lowest BCUT2D eigenvalue weighted by Crippen LogP contribution is -1.94. The molecule has 4 heteroatoms. The van der Waals surface area contributed by atoms with Crippen molar-refractivity contribution in [2.24, 2.45) is 0 Å². The average Bonchev–Trinajstić information content (AvgIpc) is 2.97. The Morgan fingerprint density at radius 2 is 1.86 bits per heavy atom. The van der Waals surface area contributed by atoms with E-state index in [0.29, 0.717) is 17.4 Å². The van der Waals surface area contributed by atoms with Gasteiger partial charge in [0.1, 0.15) is 0 Å². The Morgan fingerprint density at radius 3 is 2.67 bits per heavy atom. The summed E-state index contributed by atoms with van der Waals surface area (Å²) in [5, 5.41) is 4.04. The van der Waals surface area contributed by atoms with Gasteiger partial charge in [-0.2, -0.15) is 4.98 Å². The summed E-state index contributed by atoms with van der Waals surface area (Å²) in [4.78, 5) is 4.44. The molecule has 0 saturated heterocycles. The van der Waals surface area contributed by atoms with E-state index in [9.17, 15) is 0 Å². The van der Waals surface area contributed by atoms with Gasteiger partial charge in [-0.3, -0.25) is 0 Å². The van der Waals surface area contributed by atoms with Gasteiger partial charge in [0.05, 0.1) is 5.56 Å². The predicted octanol–water partition coefficient (Wildman–Crippen LogP) is 3.41. The van der Waals surface area contributed by atoms with Crippen LogP contribution in [0.3, 0.4) is 0 Å². The molecule has 0 saturated carbocycles. The van der Waals surface area contributed by atoms with Crippen LogP contribution in [0.1, 0.15) is 17.0 Å². The van der Waals surface area contributed by atoms with Crippen molar-refractivity contribution >= 4 is 5.69 Å². The first-order chi connectivity index (χ1) is 10.2. The zero-order chi connectivity index (χ0) is 14.7. The third kappa shape index (κ3) is 3.11. The van der Waals surface area contributed by atoms with Crippen molar-refractivity contribution in [3.05, 3.63) is 65.5 Å². The smallest absolute Gasteiger partial charge is 0.260 e. The Labute approximate surface area is 123 Å². The van der Waals surface area contributed by atoms with E-state index in [4.69, 9.17) is 10.3 Å². The van der Waals surface area contributed by atoms with Gasteiger partial charge < -0.3 is 10.3 Å². The number of nitrogen functional groups attached to an aromatic ring is 1. The molecule has 0 amide bonds. The van der Waals surface area contributed by atoms with Crippen molar-refractivity contribution in [2.75, 3.05) is 5.73 Å². The molecule has 0 aliphatic heterocycles. The zero-order valence-corrected chi connectivity index (χ0v) is 11.9. The average molecular weight is 279 g/mol. The normalized spacial score (nSPS) is 10.7. The number of benzene rings is 2. The molecule has 0 aliphatic carbocycles. The van der Waals surface area contributed by atoms with E-state index >= 15 is 0 Å². The molecule has 2 N–H and O–H groups in total. The molecule has 0 bridgehead atoms. The number of hydrogen-bond donors (Lipinski definition) is 1. The monoisotopic (exact) mass is 279 g/mol. The van der Waals surface area contributed by atoms with E-state index in [-0.39, 0.29) is 0 Å². The highest BCUT2D eigenvalue weighted by molar-refractivity contribution is 5.70. The molecule has 3 aromatic rings. The van der Waals surface area contributed by atoms with E-state index in [0.717, 1.165) is 24.0 Å². The van der Waals surface area contributed by atoms with Crippen molar-refractivity contribution < 1.29 is 4.52 Å². The number of nitrogens with zero attached hydrogens (tertiary/aromatic N) is 2. The van der Waals surface area contributed by atoms with E-state index < -0.39 is 0 Å². The topological polar surface area (TPSA) is 64.9 Å². The van der Waals surface area contributed by atoms with Crippen molar-refractivity contribution in [1.29, 1.82) is 0 Å². The van der Waals surface area contributed by atoms with Gasteiger partial charge >= 0.3 is 0 Å². The van der Waals surface area contributed by atoms with Gasteiger partial charge in [-0.15, -0.1) is 0 Å². The van der Waals surface area contributed by atoms with Gasteiger partial charge in [0.25, 0.3) is 5.89 Å². The maximum atomic E-state index is 5.97. The summed E-state index contributed by atoms with van der Waals surface area (Å²) in [7, 11) is 0. The third-order valence-corrected chi connectivity index (χ3v) is 3.39. The molecule has 4 nitrogen and oxygen atoms in total. The lowest BCUT2D eigenvalue weighted by Gasteiger charge is -2.01. The summed E-state index contributed by atoms with van der Waals surface area (Å²) in [6.07, 6.45) is 1.64. The van der Waals surface area contributed by atoms with E-state index in [1.54, 1.807) is 0 Å². The SMILES string of the molecule is Cc1ccc(N)c(-c2nc(CCc3ccccc3)no2)c1. The number of aryl methyl sites for hydroxylation is 3. The van der Waals surface area contributed by atoms with Crippen LogP contribution in [0, 0.1) is 6.92 Å². The number of anilines is 1. The van der Waals surface area contributed by atoms with E-state index in [1.165, 1.54) is 5.56 Å². The molecule has 0 unspecified atom stereocenters. The standard InChI is InChI=1S/C17H17N3O/c1-12-7-9-15(18)14(11-12)17-19-16(20-21-17)10-8-13-5-3-2-4-6-13/h2-7,9,11H,8,10,18H2,1H3. The van der Waals surface area contributed by atoms with E-state index in [2.05, 4.69) is 22.3 Å². The zero-order valence-electron chi connectivity index (χ0n) is 11.9. The van der Waals surface area contributed by atoms with Crippen molar-refractivity contribution in [2.45, 2.75) is 19.8 Å². The molecule has 0 aliphatic rings. The molecular weight excluding hydrogens is 262 g/mol. The van der Waals surface area contributed by atoms with Crippen molar-refractivity contribution in [3.63, 3.8) is 0 Å². The maximum absolute atomic E-state index is 5.97. The summed E-state index contributed by atoms with van der Waals surface area (Å²) in [6, 6.07) is 16.1. The summed E-state index contributed by atoms with van der Waals surface area (Å²) in [6.45, 7) is 2.01. The fraction of sp³-hybridized carbons (Fsp3) is 0.176. The van der Waals surface area contributed by atoms with Gasteiger partial charge in [-0.25, -0.2) is 0 Å². The Morgan fingerprint density at radius 1 is 1.05 bits per heavy atom. The first kappa shape index (κ1) is 13.4. The fourth-order valence-electron chi connectivity index (χ4n) is 2.22. The summed E-state index contributed by atoms with van der Waals surface area (Å²) in [5.41, 5.74) is 9.80. The number of nitrogens with two attached hydrogens (primary N) is 1. The minimum absolute atomic E-state index is 0.485. The van der Waals surface area contributed by atoms with Gasteiger partial charge in [-0.1, -0.05) is 47.1 Å². The molecule has 0 fully saturated rings. The predicted molar refractivity (Wildman–Crippen MR) is 82.7 cm³/mol. The van der Waals surface area contributed by atoms with Gasteiger partial charge in [0, 0.05) is 12.1 Å². The molecule has 106 valence electrons. The highest BCUT2D eigenvalue weighted by atomic mass is 16.5. The second kappa shape index (κ2) is 5.79. The Balaban J connectivity index is 1.76. The van der Waals surface area contributed by atoms with Crippen LogP contribution < -0.4 is 5.73 Å². The van der Waals surface area contributed by atoms with Crippen molar-refractivity contribution in [1.82, 2.24) is 10.1 Å². The quantitative estimate of drug-likeness (QED) is 0.743. The van der Waals surface area contributed by atoms with Crippen LogP contribution in [0.5, 0.6) is 0 Å². The second-order valence-electron chi connectivity index (χ2n) is 5.09. The maximum Gasteiger partial charge on any atom is 0.260 e. The lowest BCUT2D eigenvalue weighted by molar-refractivity contribution is 0.422. The molecule has 0 spiro atoms. The highest BCUT2D eigenvalue weighted by Gasteiger charge is 2.12. The Bertz CT molecular complexity index is 735. The van der Waals surface area contributed by atoms with Crippen LogP contribution in [-0.2, 0) is 12.8 Å². The summed E-state index contributed by atoms with van der Waals surface area (Å²) >= 11 is 0. The van der Waals surface area contributed by atoms with Crippen LogP contribution >= 0.6 is 0 Å². The van der Waals surface area contributed by atoms with Crippen LogP contribution in [0.4, 0.5) is 5.69 Å². The highest BCUT2D eigenvalue weighted by Crippen LogP contribution is 2.25. The molecule has 0 atom stereocenters. The lowest BCUT2D eigenvalue weighted by atomic mass is 10.1. The minimum atomic E-state index is 0.485. The first-order valence-corrected chi connectivity index (χ1v) is 6.95. The second-order valence-corrected chi connectivity index (χ2v) is 5.09. The molecular formula is C17H17N3O. The van der Waals surface area contributed by atoms with E-state index in [1.807, 2.05) is 43.3 Å². The molecule has 2 aromatic carbocycles. The largest absolute Gasteiger partial charge is 0.398 e. The molecule has 3 rings (SSSR count). The van der Waals surface area contributed by atoms with Gasteiger partial charge in [0.15, 0.2) is 5.82 Å². The number of rotatable bonds is 4. The summed E-state index contributed by atoms with van der Waals surface area (Å²) in [5.74, 6) is 1.19. The third-order valence-electron chi connectivity index (χ3n) is 3.39. The van der Waals surface area contributed by atoms with Crippen LogP contribution in [0.15, 0.2) is 53.1 Å². The van der Waals surface area contributed by atoms with Gasteiger partial charge in [0.2, 0.25) is 0 Å². The van der Waals surface area contributed by atoms with Gasteiger partial charge in [-0.05, 0) is 31.0 Å². The number of hydrogen-bond acceptors (Lipinski definition) is 4. The Hall–Kier alpha value is -2.62. The summed E-state index contributed by atoms with van der Waals surface area (Å²) < 4.78 is 5.33. The Kier molecular flexibility index (Phi) is 3.69.